The second-order valence-electron chi connectivity index (χ2n) is 9.39. The van der Waals surface area contributed by atoms with Gasteiger partial charge >= 0.3 is 0 Å². The third-order valence-corrected chi connectivity index (χ3v) is 6.73. The van der Waals surface area contributed by atoms with E-state index in [1.54, 1.807) is 36.9 Å². The second-order valence-corrected chi connectivity index (χ2v) is 9.39. The summed E-state index contributed by atoms with van der Waals surface area (Å²) in [6.45, 7) is 0.439. The fraction of sp³-hybridized carbons (Fsp3) is 0.0645. The SMILES string of the molecule is COc1cc(F)cc(-c2ccnc3[nH]c(-c4n[nH]c5cnc(-c6cncc(OCc7ccccc7)c6)cc45)nc23)c1. The minimum Gasteiger partial charge on any atom is -0.497 e. The molecule has 0 unspecified atom stereocenters. The van der Waals surface area contributed by atoms with Gasteiger partial charge in [-0.2, -0.15) is 5.10 Å². The number of nitrogens with one attached hydrogen (secondary N) is 2. The van der Waals surface area contributed by atoms with Crippen LogP contribution < -0.4 is 9.47 Å². The van der Waals surface area contributed by atoms with Crippen molar-refractivity contribution in [3.63, 3.8) is 0 Å². The third kappa shape index (κ3) is 4.71. The summed E-state index contributed by atoms with van der Waals surface area (Å²) in [7, 11) is 1.50. The summed E-state index contributed by atoms with van der Waals surface area (Å²) in [5.41, 5.74) is 6.43. The molecule has 9 nitrogen and oxygen atoms in total. The van der Waals surface area contributed by atoms with E-state index in [2.05, 4.69) is 30.1 Å². The number of aromatic nitrogens is 7. The van der Waals surface area contributed by atoms with Crippen molar-refractivity contribution in [3.8, 4) is 45.4 Å². The summed E-state index contributed by atoms with van der Waals surface area (Å²) < 4.78 is 25.5. The molecule has 5 aromatic heterocycles. The number of aromatic amines is 2. The van der Waals surface area contributed by atoms with Gasteiger partial charge in [-0.15, -0.1) is 0 Å². The lowest BCUT2D eigenvalue weighted by Gasteiger charge is -2.08. The zero-order valence-electron chi connectivity index (χ0n) is 21.8. The first kappa shape index (κ1) is 24.4. The monoisotopic (exact) mass is 543 g/mol. The lowest BCUT2D eigenvalue weighted by molar-refractivity contribution is 0.305. The van der Waals surface area contributed by atoms with E-state index in [4.69, 9.17) is 14.5 Å². The van der Waals surface area contributed by atoms with Crippen molar-refractivity contribution in [2.45, 2.75) is 6.61 Å². The number of benzene rings is 2. The number of H-pyrrole nitrogens is 2. The first-order valence-electron chi connectivity index (χ1n) is 12.8. The van der Waals surface area contributed by atoms with Crippen molar-refractivity contribution in [1.29, 1.82) is 0 Å². The first-order chi connectivity index (χ1) is 20.1. The van der Waals surface area contributed by atoms with Crippen molar-refractivity contribution in [2.24, 2.45) is 0 Å². The molecule has 0 atom stereocenters. The highest BCUT2D eigenvalue weighted by Gasteiger charge is 2.18. The average molecular weight is 544 g/mol. The summed E-state index contributed by atoms with van der Waals surface area (Å²) >= 11 is 0. The summed E-state index contributed by atoms with van der Waals surface area (Å²) in [6.07, 6.45) is 6.81. The Labute approximate surface area is 233 Å². The fourth-order valence-corrected chi connectivity index (χ4v) is 4.73. The van der Waals surface area contributed by atoms with Crippen LogP contribution in [0.1, 0.15) is 5.56 Å². The Hall–Kier alpha value is -5.64. The van der Waals surface area contributed by atoms with Gasteiger partial charge in [0.05, 0.1) is 30.7 Å². The molecule has 7 rings (SSSR count). The number of imidazole rings is 1. The Bertz CT molecular complexity index is 2020. The van der Waals surface area contributed by atoms with E-state index in [1.807, 2.05) is 42.5 Å². The molecule has 0 aliphatic carbocycles. The molecule has 0 amide bonds. The number of halogens is 1. The van der Waals surface area contributed by atoms with E-state index in [9.17, 15) is 4.39 Å². The molecule has 0 spiro atoms. The first-order valence-corrected chi connectivity index (χ1v) is 12.8. The third-order valence-electron chi connectivity index (χ3n) is 6.73. The molecule has 10 heteroatoms. The van der Waals surface area contributed by atoms with Crippen LogP contribution in [0, 0.1) is 5.82 Å². The zero-order valence-corrected chi connectivity index (χ0v) is 21.8. The molecule has 2 N–H and O–H groups in total. The molecule has 7 aromatic rings. The van der Waals surface area contributed by atoms with Crippen LogP contribution in [0.2, 0.25) is 0 Å². The normalized spacial score (nSPS) is 11.3. The quantitative estimate of drug-likeness (QED) is 0.241. The molecule has 0 bridgehead atoms. The summed E-state index contributed by atoms with van der Waals surface area (Å²) in [4.78, 5) is 21.5. The number of ether oxygens (including phenoxy) is 2. The number of pyridine rings is 3. The van der Waals surface area contributed by atoms with Gasteiger partial charge in [-0.1, -0.05) is 30.3 Å². The fourth-order valence-electron chi connectivity index (χ4n) is 4.73. The van der Waals surface area contributed by atoms with Crippen LogP contribution in [0.3, 0.4) is 0 Å². The molecule has 41 heavy (non-hydrogen) atoms. The van der Waals surface area contributed by atoms with Gasteiger partial charge in [0, 0.05) is 35.0 Å². The van der Waals surface area contributed by atoms with Gasteiger partial charge in [0.2, 0.25) is 0 Å². The van der Waals surface area contributed by atoms with E-state index in [1.165, 1.54) is 19.2 Å². The molecular weight excluding hydrogens is 521 g/mol. The number of rotatable bonds is 7. The highest BCUT2D eigenvalue weighted by Crippen LogP contribution is 2.33. The highest BCUT2D eigenvalue weighted by atomic mass is 19.1. The second kappa shape index (κ2) is 10.2. The van der Waals surface area contributed by atoms with Crippen molar-refractivity contribution in [1.82, 2.24) is 35.1 Å². The Morgan fingerprint density at radius 3 is 2.63 bits per heavy atom. The molecule has 5 heterocycles. The summed E-state index contributed by atoms with van der Waals surface area (Å²) in [5.74, 6) is 1.18. The molecule has 0 radical (unpaired) electrons. The number of fused-ring (bicyclic) bond motifs is 2. The predicted molar refractivity (Wildman–Crippen MR) is 153 cm³/mol. The van der Waals surface area contributed by atoms with Crippen LogP contribution in [0.4, 0.5) is 4.39 Å². The Morgan fingerprint density at radius 2 is 1.76 bits per heavy atom. The van der Waals surface area contributed by atoms with Crippen molar-refractivity contribution in [2.75, 3.05) is 7.11 Å². The zero-order chi connectivity index (χ0) is 27.8. The van der Waals surface area contributed by atoms with E-state index < -0.39 is 5.82 Å². The summed E-state index contributed by atoms with van der Waals surface area (Å²) in [5, 5.41) is 8.36. The van der Waals surface area contributed by atoms with E-state index in [-0.39, 0.29) is 0 Å². The van der Waals surface area contributed by atoms with Crippen molar-refractivity contribution >= 4 is 22.1 Å². The predicted octanol–water partition coefficient (Wildman–Crippen LogP) is 6.35. The van der Waals surface area contributed by atoms with Crippen LogP contribution in [0.5, 0.6) is 11.5 Å². The van der Waals surface area contributed by atoms with Gasteiger partial charge in [0.1, 0.15) is 35.1 Å². The smallest absolute Gasteiger partial charge is 0.160 e. The number of methoxy groups -OCH3 is 1. The van der Waals surface area contributed by atoms with Crippen LogP contribution >= 0.6 is 0 Å². The van der Waals surface area contributed by atoms with Gasteiger partial charge < -0.3 is 14.5 Å². The van der Waals surface area contributed by atoms with E-state index >= 15 is 0 Å². The molecule has 200 valence electrons. The van der Waals surface area contributed by atoms with Gasteiger partial charge in [-0.3, -0.25) is 15.1 Å². The summed E-state index contributed by atoms with van der Waals surface area (Å²) in [6, 6.07) is 20.1. The van der Waals surface area contributed by atoms with Crippen LogP contribution in [-0.2, 0) is 6.61 Å². The Kier molecular flexibility index (Phi) is 6.05. The average Bonchev–Trinajstić information content (AvgIpc) is 3.64. The number of nitrogens with zero attached hydrogens (tertiary/aromatic N) is 5. The maximum Gasteiger partial charge on any atom is 0.160 e. The minimum absolute atomic E-state index is 0.401. The van der Waals surface area contributed by atoms with Crippen LogP contribution in [0.15, 0.2) is 91.5 Å². The molecule has 0 aliphatic heterocycles. The van der Waals surface area contributed by atoms with Gasteiger partial charge in [-0.25, -0.2) is 14.4 Å². The van der Waals surface area contributed by atoms with E-state index in [0.717, 1.165) is 27.6 Å². The van der Waals surface area contributed by atoms with Crippen LogP contribution in [0.25, 0.3) is 56.0 Å². The lowest BCUT2D eigenvalue weighted by Crippen LogP contribution is -1.96. The van der Waals surface area contributed by atoms with Gasteiger partial charge in [-0.05, 0) is 41.5 Å². The Morgan fingerprint density at radius 1 is 0.878 bits per heavy atom. The maximum atomic E-state index is 14.3. The molecule has 0 saturated carbocycles. The van der Waals surface area contributed by atoms with Gasteiger partial charge in [0.25, 0.3) is 0 Å². The van der Waals surface area contributed by atoms with Crippen molar-refractivity contribution < 1.29 is 13.9 Å². The largest absolute Gasteiger partial charge is 0.497 e. The molecule has 2 aromatic carbocycles. The number of hydrogen-bond acceptors (Lipinski definition) is 7. The highest BCUT2D eigenvalue weighted by molar-refractivity contribution is 5.96. The van der Waals surface area contributed by atoms with Crippen LogP contribution in [-0.4, -0.2) is 42.2 Å². The molecule has 0 saturated heterocycles. The lowest BCUT2D eigenvalue weighted by atomic mass is 10.1. The molecule has 0 fully saturated rings. The minimum atomic E-state index is -0.401. The van der Waals surface area contributed by atoms with Crippen molar-refractivity contribution in [3.05, 3.63) is 103 Å². The molecule has 0 aliphatic rings. The standard InChI is InChI=1S/C31H22FN7O2/c1-40-22-10-19(9-21(32)12-22)24-7-8-34-30-28(24)36-31(37-30)29-25-13-26(35-16-27(25)38-39-29)20-11-23(15-33-14-20)41-17-18-5-3-2-4-6-18/h2-16H,17H2,1H3,(H,38,39)(H,34,36,37). The maximum absolute atomic E-state index is 14.3. The Balaban J connectivity index is 1.24. The molecular formula is C31H22FN7O2. The van der Waals surface area contributed by atoms with E-state index in [0.29, 0.717) is 52.0 Å². The number of hydrogen-bond donors (Lipinski definition) is 2. The van der Waals surface area contributed by atoms with Gasteiger partial charge in [0.15, 0.2) is 11.5 Å². The topological polar surface area (TPSA) is 114 Å².